The molecule has 5 heteroatoms. The summed E-state index contributed by atoms with van der Waals surface area (Å²) >= 11 is 1.82. The highest BCUT2D eigenvalue weighted by Gasteiger charge is 2.43. The molecule has 0 saturated heterocycles. The number of hydrogen-bond acceptors (Lipinski definition) is 4. The van der Waals surface area contributed by atoms with E-state index in [1.807, 2.05) is 11.8 Å². The lowest BCUT2D eigenvalue weighted by Crippen LogP contribution is -2.35. The normalized spacial score (nSPS) is 15.7. The van der Waals surface area contributed by atoms with E-state index in [-0.39, 0.29) is 0 Å². The Bertz CT molecular complexity index is 1110. The molecule has 0 radical (unpaired) electrons. The third-order valence-corrected chi connectivity index (χ3v) is 7.65. The van der Waals surface area contributed by atoms with Gasteiger partial charge >= 0.3 is 0 Å². The van der Waals surface area contributed by atoms with Crippen molar-refractivity contribution in [2.24, 2.45) is 10.9 Å². The first kappa shape index (κ1) is 24.2. The summed E-state index contributed by atoms with van der Waals surface area (Å²) in [5.41, 5.74) is 8.55. The molecule has 1 N–H and O–H groups in total. The Labute approximate surface area is 209 Å². The minimum absolute atomic E-state index is 0.405. The fourth-order valence-electron chi connectivity index (χ4n) is 4.32. The van der Waals surface area contributed by atoms with Crippen LogP contribution in [0.4, 0.5) is 17.1 Å². The molecule has 3 aromatic carbocycles. The molecule has 0 spiro atoms. The van der Waals surface area contributed by atoms with Crippen LogP contribution in [-0.4, -0.2) is 39.9 Å². The quantitative estimate of drug-likeness (QED) is 0.438. The zero-order valence-corrected chi connectivity index (χ0v) is 22.2. The van der Waals surface area contributed by atoms with Crippen LogP contribution in [0.15, 0.2) is 71.7 Å². The maximum Gasteiger partial charge on any atom is 0.162 e. The average molecular weight is 473 g/mol. The Kier molecular flexibility index (Phi) is 6.94. The van der Waals surface area contributed by atoms with Crippen LogP contribution in [0.5, 0.6) is 0 Å². The van der Waals surface area contributed by atoms with E-state index >= 15 is 0 Å². The van der Waals surface area contributed by atoms with E-state index in [4.69, 9.17) is 4.99 Å². The number of aryl methyl sites for hydroxylation is 1. The predicted molar refractivity (Wildman–Crippen MR) is 151 cm³/mol. The topological polar surface area (TPSA) is 30.9 Å². The van der Waals surface area contributed by atoms with Crippen molar-refractivity contribution in [2.45, 2.75) is 25.5 Å². The SMILES string of the molecule is Cc1ccc2c(c1)C(c1ccc(N(C)C)cc1)(c1ccc(N(C)C)cc1)SC(=NCC(C)C)N2. The van der Waals surface area contributed by atoms with Gasteiger partial charge in [-0.25, -0.2) is 0 Å². The van der Waals surface area contributed by atoms with Gasteiger partial charge in [0, 0.05) is 57.4 Å². The smallest absolute Gasteiger partial charge is 0.162 e. The van der Waals surface area contributed by atoms with Crippen molar-refractivity contribution >= 4 is 34.0 Å². The number of hydrogen-bond donors (Lipinski definition) is 1. The largest absolute Gasteiger partial charge is 0.378 e. The van der Waals surface area contributed by atoms with Crippen LogP contribution >= 0.6 is 11.8 Å². The van der Waals surface area contributed by atoms with Crippen LogP contribution in [0, 0.1) is 12.8 Å². The van der Waals surface area contributed by atoms with Crippen LogP contribution in [-0.2, 0) is 4.75 Å². The third kappa shape index (κ3) is 4.67. The van der Waals surface area contributed by atoms with Crippen LogP contribution in [0.3, 0.4) is 0 Å². The van der Waals surface area contributed by atoms with E-state index in [2.05, 4.69) is 131 Å². The predicted octanol–water partition coefficient (Wildman–Crippen LogP) is 6.59. The summed E-state index contributed by atoms with van der Waals surface area (Å²) in [4.78, 5) is 9.28. The molecule has 0 unspecified atom stereocenters. The zero-order valence-electron chi connectivity index (χ0n) is 21.4. The third-order valence-electron chi connectivity index (χ3n) is 6.23. The molecule has 0 aromatic heterocycles. The van der Waals surface area contributed by atoms with Crippen molar-refractivity contribution in [3.8, 4) is 0 Å². The van der Waals surface area contributed by atoms with Gasteiger partial charge in [0.05, 0.1) is 0 Å². The van der Waals surface area contributed by atoms with Gasteiger partial charge in [-0.1, -0.05) is 67.6 Å². The van der Waals surface area contributed by atoms with Crippen LogP contribution in [0.2, 0.25) is 0 Å². The summed E-state index contributed by atoms with van der Waals surface area (Å²) < 4.78 is -0.405. The van der Waals surface area contributed by atoms with Gasteiger partial charge in [0.2, 0.25) is 0 Å². The van der Waals surface area contributed by atoms with Gasteiger partial charge in [-0.05, 0) is 54.3 Å². The highest BCUT2D eigenvalue weighted by atomic mass is 32.2. The molecule has 0 bridgehead atoms. The standard InChI is InChI=1S/C29H36N4S/c1-20(2)19-30-28-31-27-17-8-21(3)18-26(27)29(34-28,22-9-13-24(14-10-22)32(4)5)23-11-15-25(16-12-23)33(6)7/h8-18,20H,19H2,1-7H3,(H,30,31). The first-order valence-corrected chi connectivity index (χ1v) is 12.7. The van der Waals surface area contributed by atoms with Crippen molar-refractivity contribution in [1.82, 2.24) is 0 Å². The Balaban J connectivity index is 1.98. The summed E-state index contributed by atoms with van der Waals surface area (Å²) in [5.74, 6) is 0.502. The van der Waals surface area contributed by atoms with Crippen LogP contribution < -0.4 is 15.1 Å². The summed E-state index contributed by atoms with van der Waals surface area (Å²) in [6, 6.07) is 24.7. The van der Waals surface area contributed by atoms with Gasteiger partial charge in [0.1, 0.15) is 4.75 Å². The van der Waals surface area contributed by atoms with E-state index in [1.54, 1.807) is 0 Å². The Morgan fingerprint density at radius 2 is 1.35 bits per heavy atom. The summed E-state index contributed by atoms with van der Waals surface area (Å²) in [7, 11) is 8.33. The maximum absolute atomic E-state index is 4.99. The Morgan fingerprint density at radius 3 is 1.82 bits per heavy atom. The minimum atomic E-state index is -0.405. The van der Waals surface area contributed by atoms with Gasteiger partial charge in [-0.2, -0.15) is 0 Å². The first-order chi connectivity index (χ1) is 16.2. The molecule has 3 aromatic rings. The van der Waals surface area contributed by atoms with Crippen molar-refractivity contribution in [2.75, 3.05) is 49.9 Å². The van der Waals surface area contributed by atoms with Crippen LogP contribution in [0.1, 0.15) is 36.1 Å². The van der Waals surface area contributed by atoms with Crippen molar-refractivity contribution in [3.63, 3.8) is 0 Å². The number of thioether (sulfide) groups is 1. The molecule has 1 aliphatic heterocycles. The van der Waals surface area contributed by atoms with E-state index in [9.17, 15) is 0 Å². The number of fused-ring (bicyclic) bond motifs is 1. The zero-order chi connectivity index (χ0) is 24.5. The summed E-state index contributed by atoms with van der Waals surface area (Å²) in [6.45, 7) is 7.39. The highest BCUT2D eigenvalue weighted by molar-refractivity contribution is 8.15. The molecular formula is C29H36N4S. The number of amidine groups is 1. The lowest BCUT2D eigenvalue weighted by molar-refractivity contribution is 0.666. The van der Waals surface area contributed by atoms with Gasteiger partial charge in [-0.15, -0.1) is 0 Å². The second-order valence-electron chi connectivity index (χ2n) is 9.88. The lowest BCUT2D eigenvalue weighted by atomic mass is 9.82. The summed E-state index contributed by atoms with van der Waals surface area (Å²) in [6.07, 6.45) is 0. The Morgan fingerprint density at radius 1 is 0.824 bits per heavy atom. The van der Waals surface area contributed by atoms with Gasteiger partial charge in [-0.3, -0.25) is 4.99 Å². The van der Waals surface area contributed by atoms with E-state index in [1.165, 1.54) is 33.6 Å². The van der Waals surface area contributed by atoms with Crippen LogP contribution in [0.25, 0.3) is 0 Å². The minimum Gasteiger partial charge on any atom is -0.378 e. The molecule has 0 aliphatic carbocycles. The number of aliphatic imine (C=N–C) groups is 1. The molecule has 0 fully saturated rings. The second-order valence-corrected chi connectivity index (χ2v) is 11.1. The second kappa shape index (κ2) is 9.75. The highest BCUT2D eigenvalue weighted by Crippen LogP contribution is 2.54. The first-order valence-electron chi connectivity index (χ1n) is 11.9. The number of nitrogens with zero attached hydrogens (tertiary/aromatic N) is 3. The average Bonchev–Trinajstić information content (AvgIpc) is 2.82. The number of anilines is 3. The molecule has 0 atom stereocenters. The summed E-state index contributed by atoms with van der Waals surface area (Å²) in [5, 5.41) is 4.60. The van der Waals surface area contributed by atoms with Gasteiger partial charge in [0.25, 0.3) is 0 Å². The van der Waals surface area contributed by atoms with E-state index in [0.29, 0.717) is 5.92 Å². The fraction of sp³-hybridized carbons (Fsp3) is 0.345. The van der Waals surface area contributed by atoms with E-state index in [0.717, 1.165) is 17.4 Å². The van der Waals surface area contributed by atoms with Crippen molar-refractivity contribution in [1.29, 1.82) is 0 Å². The molecule has 1 aliphatic rings. The molecule has 0 amide bonds. The fourth-order valence-corrected chi connectivity index (χ4v) is 5.70. The van der Waals surface area contributed by atoms with E-state index < -0.39 is 4.75 Å². The molecule has 4 nitrogen and oxygen atoms in total. The van der Waals surface area contributed by atoms with Crippen molar-refractivity contribution < 1.29 is 0 Å². The molecule has 0 saturated carbocycles. The molecule has 178 valence electrons. The molecule has 34 heavy (non-hydrogen) atoms. The molecule has 1 heterocycles. The number of benzene rings is 3. The monoisotopic (exact) mass is 472 g/mol. The van der Waals surface area contributed by atoms with Gasteiger partial charge < -0.3 is 15.1 Å². The maximum atomic E-state index is 4.99. The molecule has 4 rings (SSSR count). The molecular weight excluding hydrogens is 436 g/mol. The lowest BCUT2D eigenvalue weighted by Gasteiger charge is -2.41. The van der Waals surface area contributed by atoms with Crippen molar-refractivity contribution in [3.05, 3.63) is 89.0 Å². The van der Waals surface area contributed by atoms with Gasteiger partial charge in [0.15, 0.2) is 5.17 Å². The Hall–Kier alpha value is -2.92. The number of nitrogens with one attached hydrogen (secondary N) is 1. The number of rotatable bonds is 6.